The number of carbonyl (C=O) groups excluding carboxylic acids is 1. The van der Waals surface area contributed by atoms with Gasteiger partial charge in [0.2, 0.25) is 5.88 Å². The Morgan fingerprint density at radius 2 is 2.05 bits per heavy atom. The van der Waals surface area contributed by atoms with Gasteiger partial charge in [-0.15, -0.1) is 0 Å². The van der Waals surface area contributed by atoms with Crippen molar-refractivity contribution < 1.29 is 27.4 Å². The zero-order valence-electron chi connectivity index (χ0n) is 19.2. The molecular weight excluding hydrogens is 511 g/mol. The summed E-state index contributed by atoms with van der Waals surface area (Å²) in [5, 5.41) is 6.69. The average molecular weight is 530 g/mol. The maximum atomic E-state index is 13.1. The molecule has 4 heterocycles. The summed E-state index contributed by atoms with van der Waals surface area (Å²) in [4.78, 5) is 25.1. The molecule has 12 heteroatoms. The van der Waals surface area contributed by atoms with Crippen LogP contribution < -0.4 is 20.1 Å². The van der Waals surface area contributed by atoms with Crippen molar-refractivity contribution in [3.63, 3.8) is 0 Å². The van der Waals surface area contributed by atoms with E-state index < -0.39 is 12.8 Å². The zero-order valence-corrected chi connectivity index (χ0v) is 20.0. The molecule has 1 aromatic carbocycles. The van der Waals surface area contributed by atoms with E-state index >= 15 is 0 Å². The second kappa shape index (κ2) is 8.55. The highest BCUT2D eigenvalue weighted by molar-refractivity contribution is 6.32. The summed E-state index contributed by atoms with van der Waals surface area (Å²) in [5.41, 5.74) is 4.05. The van der Waals surface area contributed by atoms with E-state index in [4.69, 9.17) is 21.1 Å². The molecule has 2 atom stereocenters. The van der Waals surface area contributed by atoms with Crippen molar-refractivity contribution in [3.8, 4) is 22.9 Å². The number of benzene rings is 1. The maximum Gasteiger partial charge on any atom is 0.422 e. The first kappa shape index (κ1) is 23.4. The molecule has 1 aliphatic heterocycles. The van der Waals surface area contributed by atoms with Gasteiger partial charge < -0.3 is 25.1 Å². The molecule has 3 aromatic heterocycles. The number of pyridine rings is 2. The smallest absolute Gasteiger partial charge is 0.422 e. The molecule has 8 nitrogen and oxygen atoms in total. The first-order chi connectivity index (χ1) is 17.7. The molecule has 0 radical (unpaired) electrons. The predicted molar refractivity (Wildman–Crippen MR) is 131 cm³/mol. The van der Waals surface area contributed by atoms with Crippen LogP contribution in [0.3, 0.4) is 0 Å². The summed E-state index contributed by atoms with van der Waals surface area (Å²) in [6.07, 6.45) is -2.13. The van der Waals surface area contributed by atoms with Crippen LogP contribution in [0.15, 0.2) is 42.6 Å². The van der Waals surface area contributed by atoms with Crippen LogP contribution in [0.2, 0.25) is 5.02 Å². The van der Waals surface area contributed by atoms with Crippen LogP contribution in [0.5, 0.6) is 11.6 Å². The van der Waals surface area contributed by atoms with Gasteiger partial charge in [0, 0.05) is 35.5 Å². The Balaban J connectivity index is 1.52. The fraction of sp³-hybridized carbons (Fsp3) is 0.240. The standard InChI is InChI=1S/C25H19ClF3N5O3/c1-36-23-13(26)3-2-4-15(23)31-22-18-20(12-9-16(12)32-24(18)35)34-21(22)11-7-8-30-14-5-6-17(33-19(11)14)37-10-25(27,28)29/h2-8,12,16,31,34H,9-10H2,1H3,(H,32,35). The van der Waals surface area contributed by atoms with Crippen molar-refractivity contribution in [2.75, 3.05) is 19.0 Å². The number of methoxy groups -OCH3 is 1. The van der Waals surface area contributed by atoms with E-state index in [2.05, 4.69) is 25.6 Å². The van der Waals surface area contributed by atoms with Crippen LogP contribution in [0.1, 0.15) is 28.4 Å². The molecule has 1 fully saturated rings. The van der Waals surface area contributed by atoms with Gasteiger partial charge in [-0.05, 0) is 30.7 Å². The van der Waals surface area contributed by atoms with E-state index in [1.807, 2.05) is 0 Å². The number of halogens is 4. The van der Waals surface area contributed by atoms with Gasteiger partial charge in [0.1, 0.15) is 5.52 Å². The largest absolute Gasteiger partial charge is 0.493 e. The van der Waals surface area contributed by atoms with Crippen molar-refractivity contribution in [1.82, 2.24) is 20.3 Å². The molecule has 1 amide bonds. The number of alkyl halides is 3. The normalized spacial score (nSPS) is 18.1. The third kappa shape index (κ3) is 4.18. The average Bonchev–Trinajstić information content (AvgIpc) is 3.54. The van der Waals surface area contributed by atoms with Crippen LogP contribution in [0.25, 0.3) is 22.3 Å². The van der Waals surface area contributed by atoms with E-state index in [9.17, 15) is 18.0 Å². The van der Waals surface area contributed by atoms with Crippen LogP contribution in [0, 0.1) is 0 Å². The molecule has 2 unspecified atom stereocenters. The highest BCUT2D eigenvalue weighted by Gasteiger charge is 2.48. The van der Waals surface area contributed by atoms with E-state index in [1.165, 1.54) is 19.2 Å². The molecule has 0 saturated heterocycles. The van der Waals surface area contributed by atoms with Gasteiger partial charge in [0.15, 0.2) is 12.4 Å². The minimum absolute atomic E-state index is 0.0646. The number of amides is 1. The first-order valence-electron chi connectivity index (χ1n) is 11.4. The quantitative estimate of drug-likeness (QED) is 0.302. The molecule has 3 N–H and O–H groups in total. The lowest BCUT2D eigenvalue weighted by Crippen LogP contribution is -2.31. The molecule has 0 bridgehead atoms. The van der Waals surface area contributed by atoms with Crippen molar-refractivity contribution in [1.29, 1.82) is 0 Å². The van der Waals surface area contributed by atoms with Crippen LogP contribution >= 0.6 is 11.6 Å². The number of fused-ring (bicyclic) bond motifs is 4. The van der Waals surface area contributed by atoms with Gasteiger partial charge in [-0.1, -0.05) is 17.7 Å². The summed E-state index contributed by atoms with van der Waals surface area (Å²) < 4.78 is 48.5. The summed E-state index contributed by atoms with van der Waals surface area (Å²) >= 11 is 6.32. The molecular formula is C25H19ClF3N5O3. The van der Waals surface area contributed by atoms with Crippen molar-refractivity contribution in [3.05, 3.63) is 58.9 Å². The first-order valence-corrected chi connectivity index (χ1v) is 11.7. The van der Waals surface area contributed by atoms with Crippen molar-refractivity contribution >= 4 is 39.9 Å². The van der Waals surface area contributed by atoms with Gasteiger partial charge in [-0.3, -0.25) is 9.78 Å². The number of aromatic nitrogens is 3. The van der Waals surface area contributed by atoms with Gasteiger partial charge in [-0.25, -0.2) is 4.98 Å². The fourth-order valence-corrected chi connectivity index (χ4v) is 4.92. The number of nitrogens with one attached hydrogen (secondary N) is 3. The van der Waals surface area contributed by atoms with E-state index in [0.717, 1.165) is 12.1 Å². The van der Waals surface area contributed by atoms with Crippen LogP contribution in [0.4, 0.5) is 24.5 Å². The third-order valence-electron chi connectivity index (χ3n) is 6.38. The van der Waals surface area contributed by atoms with Crippen molar-refractivity contribution in [2.45, 2.75) is 24.6 Å². The topological polar surface area (TPSA) is 101 Å². The Kier molecular flexibility index (Phi) is 5.41. The Bertz CT molecular complexity index is 1550. The summed E-state index contributed by atoms with van der Waals surface area (Å²) in [6.45, 7) is -1.47. The Hall–Kier alpha value is -3.99. The number of nitrogens with zero attached hydrogens (tertiary/aromatic N) is 2. The third-order valence-corrected chi connectivity index (χ3v) is 6.67. The number of para-hydroxylation sites is 1. The second-order valence-electron chi connectivity index (χ2n) is 8.81. The maximum absolute atomic E-state index is 13.1. The minimum atomic E-state index is -4.51. The molecule has 1 aliphatic carbocycles. The SMILES string of the molecule is COc1c(Cl)cccc1Nc1c(-c2ccnc3ccc(OCC(F)(F)F)nc23)[nH]c2c1C(=O)NC1CC21. The van der Waals surface area contributed by atoms with Crippen LogP contribution in [-0.4, -0.2) is 46.8 Å². The Morgan fingerprint density at radius 3 is 2.84 bits per heavy atom. The van der Waals surface area contributed by atoms with Gasteiger partial charge in [-0.2, -0.15) is 13.2 Å². The summed E-state index contributed by atoms with van der Waals surface area (Å²) in [6, 6.07) is 9.82. The number of hydrogen-bond donors (Lipinski definition) is 3. The number of anilines is 2. The number of ether oxygens (including phenoxy) is 2. The van der Waals surface area contributed by atoms with E-state index in [1.54, 1.807) is 30.5 Å². The van der Waals surface area contributed by atoms with Crippen molar-refractivity contribution in [2.24, 2.45) is 0 Å². The number of H-pyrrole nitrogens is 1. The summed E-state index contributed by atoms with van der Waals surface area (Å²) in [5.74, 6) is 0.0998. The number of carbonyl (C=O) groups is 1. The zero-order chi connectivity index (χ0) is 25.9. The lowest BCUT2D eigenvalue weighted by Gasteiger charge is -2.17. The second-order valence-corrected chi connectivity index (χ2v) is 9.22. The molecule has 37 heavy (non-hydrogen) atoms. The molecule has 4 aromatic rings. The lowest BCUT2D eigenvalue weighted by molar-refractivity contribution is -0.154. The Labute approximate surface area is 213 Å². The lowest BCUT2D eigenvalue weighted by atomic mass is 10.0. The molecule has 1 saturated carbocycles. The van der Waals surface area contributed by atoms with Gasteiger partial charge >= 0.3 is 6.18 Å². The number of aromatic amines is 1. The highest BCUT2D eigenvalue weighted by atomic mass is 35.5. The van der Waals surface area contributed by atoms with Crippen LogP contribution in [-0.2, 0) is 0 Å². The predicted octanol–water partition coefficient (Wildman–Crippen LogP) is 5.57. The van der Waals surface area contributed by atoms with Gasteiger partial charge in [0.25, 0.3) is 5.91 Å². The summed E-state index contributed by atoms with van der Waals surface area (Å²) in [7, 11) is 1.49. The molecule has 6 rings (SSSR count). The number of rotatable bonds is 6. The van der Waals surface area contributed by atoms with E-state index in [-0.39, 0.29) is 23.7 Å². The minimum Gasteiger partial charge on any atom is -0.493 e. The molecule has 190 valence electrons. The number of hydrogen-bond acceptors (Lipinski definition) is 6. The van der Waals surface area contributed by atoms with Gasteiger partial charge in [0.05, 0.1) is 40.3 Å². The molecule has 2 aliphatic rings. The highest BCUT2D eigenvalue weighted by Crippen LogP contribution is 2.51. The fourth-order valence-electron chi connectivity index (χ4n) is 4.67. The monoisotopic (exact) mass is 529 g/mol. The van der Waals surface area contributed by atoms with E-state index in [0.29, 0.717) is 50.0 Å². The Morgan fingerprint density at radius 1 is 1.22 bits per heavy atom. The molecule has 0 spiro atoms.